The molecule has 3 aliphatic rings. The molecule has 3 rings (SSSR count). The summed E-state index contributed by atoms with van der Waals surface area (Å²) in [7, 11) is 0. The van der Waals surface area contributed by atoms with E-state index in [2.05, 4.69) is 19.9 Å². The fraction of sp³-hybridized carbons (Fsp3) is 0.960. The Morgan fingerprint density at radius 3 is 1.85 bits per heavy atom. The molecular weight excluding hydrogens is 314 g/mol. The zero-order valence-corrected chi connectivity index (χ0v) is 17.6. The van der Waals surface area contributed by atoms with Crippen molar-refractivity contribution in [2.45, 2.75) is 117 Å². The van der Waals surface area contributed by atoms with Crippen molar-refractivity contribution in [3.8, 4) is 6.07 Å². The topological polar surface area (TPSA) is 23.8 Å². The van der Waals surface area contributed by atoms with Crippen LogP contribution in [0.3, 0.4) is 0 Å². The summed E-state index contributed by atoms with van der Waals surface area (Å²) >= 11 is 0. The van der Waals surface area contributed by atoms with E-state index in [0.717, 1.165) is 23.7 Å². The minimum atomic E-state index is 0.0492. The third-order valence-electron chi connectivity index (χ3n) is 8.87. The minimum absolute atomic E-state index is 0.0492. The molecule has 0 aromatic carbocycles. The summed E-state index contributed by atoms with van der Waals surface area (Å²) < 4.78 is 0. The Morgan fingerprint density at radius 1 is 0.769 bits per heavy atom. The van der Waals surface area contributed by atoms with Gasteiger partial charge < -0.3 is 0 Å². The van der Waals surface area contributed by atoms with Crippen molar-refractivity contribution >= 4 is 0 Å². The van der Waals surface area contributed by atoms with Gasteiger partial charge in [-0.2, -0.15) is 5.26 Å². The second-order valence-electron chi connectivity index (χ2n) is 10.2. The van der Waals surface area contributed by atoms with E-state index < -0.39 is 0 Å². The van der Waals surface area contributed by atoms with Crippen molar-refractivity contribution in [2.75, 3.05) is 0 Å². The predicted octanol–water partition coefficient (Wildman–Crippen LogP) is 7.90. The van der Waals surface area contributed by atoms with Gasteiger partial charge in [0, 0.05) is 0 Å². The standard InChI is InChI=1S/C25H43N/c1-3-5-6-21-15-17-25(19-26,18-16-21)24-13-11-23(12-14-24)22-9-7-20(4-2)8-10-22/h20-24H,3-18H2,1-2H3/t20-,21-,22-,23-,24+,25+. The van der Waals surface area contributed by atoms with Crippen LogP contribution in [0.4, 0.5) is 0 Å². The van der Waals surface area contributed by atoms with Crippen LogP contribution < -0.4 is 0 Å². The molecular formula is C25H43N. The third-order valence-corrected chi connectivity index (χ3v) is 8.87. The molecule has 26 heavy (non-hydrogen) atoms. The highest BCUT2D eigenvalue weighted by atomic mass is 14.5. The fourth-order valence-corrected chi connectivity index (χ4v) is 6.80. The quantitative estimate of drug-likeness (QED) is 0.474. The molecule has 0 saturated heterocycles. The van der Waals surface area contributed by atoms with Gasteiger partial charge in [-0.15, -0.1) is 0 Å². The van der Waals surface area contributed by atoms with Crippen LogP contribution in [0, 0.1) is 46.3 Å². The summed E-state index contributed by atoms with van der Waals surface area (Å²) in [6.07, 6.45) is 22.1. The van der Waals surface area contributed by atoms with E-state index in [0.29, 0.717) is 5.92 Å². The average Bonchev–Trinajstić information content (AvgIpc) is 2.73. The lowest BCUT2D eigenvalue weighted by Gasteiger charge is -2.45. The van der Waals surface area contributed by atoms with Crippen molar-refractivity contribution in [1.29, 1.82) is 5.26 Å². The first-order valence-electron chi connectivity index (χ1n) is 12.1. The van der Waals surface area contributed by atoms with Crippen molar-refractivity contribution in [2.24, 2.45) is 35.0 Å². The smallest absolute Gasteiger partial charge is 0.0692 e. The molecule has 1 heteroatoms. The summed E-state index contributed by atoms with van der Waals surface area (Å²) in [5.74, 6) is 4.65. The van der Waals surface area contributed by atoms with E-state index in [1.54, 1.807) is 0 Å². The number of nitrogens with zero attached hydrogens (tertiary/aromatic N) is 1. The summed E-state index contributed by atoms with van der Waals surface area (Å²) in [4.78, 5) is 0. The molecule has 3 fully saturated rings. The van der Waals surface area contributed by atoms with E-state index in [-0.39, 0.29) is 5.41 Å². The lowest BCUT2D eigenvalue weighted by atomic mass is 9.58. The van der Waals surface area contributed by atoms with Crippen LogP contribution >= 0.6 is 0 Å². The second-order valence-corrected chi connectivity index (χ2v) is 10.2. The van der Waals surface area contributed by atoms with E-state index in [1.165, 1.54) is 103 Å². The van der Waals surface area contributed by atoms with Gasteiger partial charge in [-0.1, -0.05) is 52.4 Å². The number of hydrogen-bond donors (Lipinski definition) is 0. The number of hydrogen-bond acceptors (Lipinski definition) is 1. The number of rotatable bonds is 6. The Labute approximate surface area is 163 Å². The van der Waals surface area contributed by atoms with E-state index in [9.17, 15) is 5.26 Å². The molecule has 0 bridgehead atoms. The summed E-state index contributed by atoms with van der Waals surface area (Å²) in [5.41, 5.74) is 0.0492. The van der Waals surface area contributed by atoms with Gasteiger partial charge in [0.25, 0.3) is 0 Å². The van der Waals surface area contributed by atoms with Crippen LogP contribution in [0.1, 0.15) is 117 Å². The third kappa shape index (κ3) is 4.66. The highest BCUT2D eigenvalue weighted by Gasteiger charge is 2.44. The highest BCUT2D eigenvalue weighted by Crippen LogP contribution is 2.52. The molecule has 0 aliphatic heterocycles. The largest absolute Gasteiger partial charge is 0.198 e. The van der Waals surface area contributed by atoms with Crippen molar-refractivity contribution in [3.63, 3.8) is 0 Å². The van der Waals surface area contributed by atoms with Gasteiger partial charge in [0.2, 0.25) is 0 Å². The van der Waals surface area contributed by atoms with Gasteiger partial charge in [-0.05, 0) is 93.8 Å². The molecule has 3 aliphatic carbocycles. The van der Waals surface area contributed by atoms with Gasteiger partial charge in [0.05, 0.1) is 11.5 Å². The van der Waals surface area contributed by atoms with Crippen LogP contribution in [-0.2, 0) is 0 Å². The molecule has 0 spiro atoms. The average molecular weight is 358 g/mol. The summed E-state index contributed by atoms with van der Waals surface area (Å²) in [6, 6.07) is 2.87. The van der Waals surface area contributed by atoms with Gasteiger partial charge in [-0.3, -0.25) is 0 Å². The zero-order chi connectivity index (χ0) is 18.4. The second kappa shape index (κ2) is 9.61. The van der Waals surface area contributed by atoms with E-state index in [4.69, 9.17) is 0 Å². The van der Waals surface area contributed by atoms with Crippen LogP contribution in [-0.4, -0.2) is 0 Å². The first-order chi connectivity index (χ1) is 12.7. The van der Waals surface area contributed by atoms with Crippen LogP contribution in [0.25, 0.3) is 0 Å². The molecule has 3 saturated carbocycles. The monoisotopic (exact) mass is 357 g/mol. The van der Waals surface area contributed by atoms with Crippen LogP contribution in [0.15, 0.2) is 0 Å². The molecule has 0 radical (unpaired) electrons. The molecule has 1 nitrogen and oxygen atoms in total. The van der Waals surface area contributed by atoms with Gasteiger partial charge in [-0.25, -0.2) is 0 Å². The zero-order valence-electron chi connectivity index (χ0n) is 17.6. The Kier molecular flexibility index (Phi) is 7.48. The lowest BCUT2D eigenvalue weighted by molar-refractivity contribution is 0.0650. The maximum atomic E-state index is 10.1. The minimum Gasteiger partial charge on any atom is -0.198 e. The number of unbranched alkanes of at least 4 members (excludes halogenated alkanes) is 1. The first-order valence-corrected chi connectivity index (χ1v) is 12.1. The Hall–Kier alpha value is -0.510. The Balaban J connectivity index is 1.47. The molecule has 0 aromatic rings. The molecule has 148 valence electrons. The molecule has 0 heterocycles. The lowest BCUT2D eigenvalue weighted by Crippen LogP contribution is -2.37. The van der Waals surface area contributed by atoms with Gasteiger partial charge in [0.1, 0.15) is 0 Å². The fourth-order valence-electron chi connectivity index (χ4n) is 6.80. The number of nitriles is 1. The Bertz CT molecular complexity index is 437. The van der Waals surface area contributed by atoms with Crippen LogP contribution in [0.5, 0.6) is 0 Å². The van der Waals surface area contributed by atoms with E-state index in [1.807, 2.05) is 0 Å². The first kappa shape index (κ1) is 20.2. The highest BCUT2D eigenvalue weighted by molar-refractivity contribution is 5.06. The molecule has 0 unspecified atom stereocenters. The predicted molar refractivity (Wildman–Crippen MR) is 111 cm³/mol. The normalized spacial score (nSPS) is 41.5. The SMILES string of the molecule is CCCC[C@H]1CC[C@@](C#N)([C@H]2CC[C@@H]([C@H]3CC[C@H](CC)CC3)CC2)CC1. The molecule has 0 N–H and O–H groups in total. The Morgan fingerprint density at radius 2 is 1.35 bits per heavy atom. The van der Waals surface area contributed by atoms with Crippen molar-refractivity contribution in [3.05, 3.63) is 0 Å². The summed E-state index contributed by atoms with van der Waals surface area (Å²) in [6.45, 7) is 4.67. The van der Waals surface area contributed by atoms with Crippen molar-refractivity contribution < 1.29 is 0 Å². The van der Waals surface area contributed by atoms with Gasteiger partial charge in [0.15, 0.2) is 0 Å². The van der Waals surface area contributed by atoms with E-state index >= 15 is 0 Å². The van der Waals surface area contributed by atoms with Gasteiger partial charge >= 0.3 is 0 Å². The van der Waals surface area contributed by atoms with Crippen molar-refractivity contribution in [1.82, 2.24) is 0 Å². The molecule has 0 amide bonds. The molecule has 0 aromatic heterocycles. The maximum absolute atomic E-state index is 10.1. The maximum Gasteiger partial charge on any atom is 0.0692 e. The summed E-state index contributed by atoms with van der Waals surface area (Å²) in [5, 5.41) is 10.1. The van der Waals surface area contributed by atoms with Crippen LogP contribution in [0.2, 0.25) is 0 Å². The molecule has 0 atom stereocenters.